The van der Waals surface area contributed by atoms with Crippen molar-refractivity contribution >= 4 is 11.0 Å². The topological polar surface area (TPSA) is 63.9 Å². The Morgan fingerprint density at radius 2 is 2.18 bits per heavy atom. The predicted molar refractivity (Wildman–Crippen MR) is 69.1 cm³/mol. The number of aryl methyl sites for hydroxylation is 2. The number of benzene rings is 1. The standard InChI is InChI=1S/C13H19N3O/c1-8-4-9(2)13-11(5-8)15-12(16-13)6-10(7-14)17-3/h4-5,10H,6-7,14H2,1-3H3,(H,15,16). The van der Waals surface area contributed by atoms with Gasteiger partial charge in [0.05, 0.1) is 17.1 Å². The van der Waals surface area contributed by atoms with E-state index in [9.17, 15) is 0 Å². The van der Waals surface area contributed by atoms with E-state index >= 15 is 0 Å². The van der Waals surface area contributed by atoms with Crippen LogP contribution in [0.15, 0.2) is 12.1 Å². The molecule has 0 bridgehead atoms. The predicted octanol–water partition coefficient (Wildman–Crippen LogP) is 1.70. The first kappa shape index (κ1) is 12.1. The highest BCUT2D eigenvalue weighted by atomic mass is 16.5. The number of ether oxygens (including phenoxy) is 1. The number of nitrogens with one attached hydrogen (secondary N) is 1. The van der Waals surface area contributed by atoms with E-state index in [0.29, 0.717) is 6.54 Å². The maximum Gasteiger partial charge on any atom is 0.109 e. The van der Waals surface area contributed by atoms with E-state index in [1.54, 1.807) is 7.11 Å². The summed E-state index contributed by atoms with van der Waals surface area (Å²) in [7, 11) is 1.68. The van der Waals surface area contributed by atoms with E-state index in [2.05, 4.69) is 35.9 Å². The van der Waals surface area contributed by atoms with Crippen LogP contribution in [-0.4, -0.2) is 29.7 Å². The number of aromatic amines is 1. The first-order chi connectivity index (χ1) is 8.13. The molecule has 4 heteroatoms. The number of nitrogens with zero attached hydrogens (tertiary/aromatic N) is 1. The summed E-state index contributed by atoms with van der Waals surface area (Å²) in [5, 5.41) is 0. The Morgan fingerprint density at radius 3 is 2.82 bits per heavy atom. The molecule has 0 aliphatic heterocycles. The van der Waals surface area contributed by atoms with E-state index in [1.165, 1.54) is 11.1 Å². The molecule has 0 aliphatic rings. The Bertz CT molecular complexity index is 515. The van der Waals surface area contributed by atoms with Gasteiger partial charge < -0.3 is 15.5 Å². The first-order valence-electron chi connectivity index (χ1n) is 5.82. The van der Waals surface area contributed by atoms with Crippen LogP contribution in [0.1, 0.15) is 17.0 Å². The quantitative estimate of drug-likeness (QED) is 0.844. The SMILES string of the molecule is COC(CN)Cc1nc2c(C)cc(C)cc2[nH]1. The van der Waals surface area contributed by atoms with E-state index in [0.717, 1.165) is 23.3 Å². The Hall–Kier alpha value is -1.39. The first-order valence-corrected chi connectivity index (χ1v) is 5.82. The van der Waals surface area contributed by atoms with Crippen molar-refractivity contribution in [3.63, 3.8) is 0 Å². The minimum Gasteiger partial charge on any atom is -0.380 e. The number of rotatable bonds is 4. The second kappa shape index (κ2) is 4.85. The van der Waals surface area contributed by atoms with Gasteiger partial charge in [-0.05, 0) is 31.0 Å². The number of hydrogen-bond donors (Lipinski definition) is 2. The molecule has 0 fully saturated rings. The van der Waals surface area contributed by atoms with Gasteiger partial charge in [0.1, 0.15) is 5.82 Å². The molecule has 0 aliphatic carbocycles. The van der Waals surface area contributed by atoms with Crippen LogP contribution in [0.5, 0.6) is 0 Å². The number of aromatic nitrogens is 2. The van der Waals surface area contributed by atoms with Gasteiger partial charge in [-0.3, -0.25) is 0 Å². The van der Waals surface area contributed by atoms with Crippen molar-refractivity contribution in [1.29, 1.82) is 0 Å². The van der Waals surface area contributed by atoms with Crippen molar-refractivity contribution in [3.8, 4) is 0 Å². The van der Waals surface area contributed by atoms with Crippen LogP contribution in [0.25, 0.3) is 11.0 Å². The smallest absolute Gasteiger partial charge is 0.109 e. The lowest BCUT2D eigenvalue weighted by Crippen LogP contribution is -2.25. The minimum absolute atomic E-state index is 0.0250. The van der Waals surface area contributed by atoms with Crippen LogP contribution < -0.4 is 5.73 Å². The van der Waals surface area contributed by atoms with Crippen molar-refractivity contribution in [2.45, 2.75) is 26.4 Å². The lowest BCUT2D eigenvalue weighted by atomic mass is 10.1. The van der Waals surface area contributed by atoms with E-state index in [1.807, 2.05) is 0 Å². The molecule has 0 radical (unpaired) electrons. The summed E-state index contributed by atoms with van der Waals surface area (Å²) < 4.78 is 5.27. The highest BCUT2D eigenvalue weighted by Gasteiger charge is 2.11. The summed E-state index contributed by atoms with van der Waals surface area (Å²) >= 11 is 0. The third-order valence-electron chi connectivity index (χ3n) is 2.99. The van der Waals surface area contributed by atoms with E-state index in [-0.39, 0.29) is 6.10 Å². The lowest BCUT2D eigenvalue weighted by molar-refractivity contribution is 0.108. The Balaban J connectivity index is 2.34. The second-order valence-corrected chi connectivity index (χ2v) is 4.46. The molecule has 2 rings (SSSR count). The van der Waals surface area contributed by atoms with Gasteiger partial charge >= 0.3 is 0 Å². The molecule has 4 nitrogen and oxygen atoms in total. The van der Waals surface area contributed by atoms with Crippen LogP contribution in [0, 0.1) is 13.8 Å². The number of methoxy groups -OCH3 is 1. The molecule has 1 aromatic heterocycles. The molecule has 2 aromatic rings. The van der Waals surface area contributed by atoms with Gasteiger partial charge in [0.25, 0.3) is 0 Å². The molecule has 0 saturated carbocycles. The molecule has 0 spiro atoms. The third-order valence-corrected chi connectivity index (χ3v) is 2.99. The number of hydrogen-bond acceptors (Lipinski definition) is 3. The van der Waals surface area contributed by atoms with Gasteiger partial charge in [-0.25, -0.2) is 4.98 Å². The van der Waals surface area contributed by atoms with Gasteiger partial charge in [0.2, 0.25) is 0 Å². The van der Waals surface area contributed by atoms with Gasteiger partial charge in [-0.2, -0.15) is 0 Å². The zero-order valence-electron chi connectivity index (χ0n) is 10.6. The summed E-state index contributed by atoms with van der Waals surface area (Å²) in [6, 6.07) is 4.26. The average Bonchev–Trinajstić information content (AvgIpc) is 2.68. The van der Waals surface area contributed by atoms with Gasteiger partial charge in [-0.1, -0.05) is 6.07 Å². The Kier molecular flexibility index (Phi) is 3.45. The normalized spacial score (nSPS) is 13.2. The van der Waals surface area contributed by atoms with Crippen molar-refractivity contribution in [2.24, 2.45) is 5.73 Å². The van der Waals surface area contributed by atoms with Gasteiger partial charge in [0, 0.05) is 20.1 Å². The maximum absolute atomic E-state index is 5.61. The van der Waals surface area contributed by atoms with Gasteiger partial charge in [-0.15, -0.1) is 0 Å². The van der Waals surface area contributed by atoms with Crippen LogP contribution in [0.4, 0.5) is 0 Å². The van der Waals surface area contributed by atoms with Gasteiger partial charge in [0.15, 0.2) is 0 Å². The summed E-state index contributed by atoms with van der Waals surface area (Å²) in [5.74, 6) is 0.936. The molecular formula is C13H19N3O. The Morgan fingerprint density at radius 1 is 1.41 bits per heavy atom. The monoisotopic (exact) mass is 233 g/mol. The van der Waals surface area contributed by atoms with Crippen molar-refractivity contribution in [1.82, 2.24) is 9.97 Å². The van der Waals surface area contributed by atoms with E-state index < -0.39 is 0 Å². The van der Waals surface area contributed by atoms with Crippen molar-refractivity contribution in [3.05, 3.63) is 29.1 Å². The zero-order chi connectivity index (χ0) is 12.4. The minimum atomic E-state index is 0.0250. The molecule has 1 atom stereocenters. The highest BCUT2D eigenvalue weighted by molar-refractivity contribution is 5.79. The fraction of sp³-hybridized carbons (Fsp3) is 0.462. The fourth-order valence-corrected chi connectivity index (χ4v) is 2.10. The summed E-state index contributed by atoms with van der Waals surface area (Å²) in [6.45, 7) is 4.67. The maximum atomic E-state index is 5.61. The second-order valence-electron chi connectivity index (χ2n) is 4.46. The Labute approximate surface area is 101 Å². The summed E-state index contributed by atoms with van der Waals surface area (Å²) in [6.07, 6.45) is 0.747. The van der Waals surface area contributed by atoms with Crippen LogP contribution >= 0.6 is 0 Å². The highest BCUT2D eigenvalue weighted by Crippen LogP contribution is 2.18. The molecule has 0 saturated heterocycles. The van der Waals surface area contributed by atoms with E-state index in [4.69, 9.17) is 10.5 Å². The molecule has 0 amide bonds. The molecule has 17 heavy (non-hydrogen) atoms. The number of fused-ring (bicyclic) bond motifs is 1. The molecule has 1 heterocycles. The summed E-state index contributed by atoms with van der Waals surface area (Å²) in [5.41, 5.74) is 10.2. The molecule has 1 unspecified atom stereocenters. The molecule has 92 valence electrons. The average molecular weight is 233 g/mol. The number of nitrogens with two attached hydrogens (primary N) is 1. The molecular weight excluding hydrogens is 214 g/mol. The number of imidazole rings is 1. The van der Waals surface area contributed by atoms with Crippen molar-refractivity contribution < 1.29 is 4.74 Å². The van der Waals surface area contributed by atoms with Crippen LogP contribution in [-0.2, 0) is 11.2 Å². The molecule has 1 aromatic carbocycles. The molecule has 3 N–H and O–H groups in total. The third kappa shape index (κ3) is 2.48. The number of H-pyrrole nitrogens is 1. The summed E-state index contributed by atoms with van der Waals surface area (Å²) in [4.78, 5) is 7.93. The van der Waals surface area contributed by atoms with Crippen LogP contribution in [0.3, 0.4) is 0 Å². The fourth-order valence-electron chi connectivity index (χ4n) is 2.10. The lowest BCUT2D eigenvalue weighted by Gasteiger charge is -2.09. The zero-order valence-corrected chi connectivity index (χ0v) is 10.6. The van der Waals surface area contributed by atoms with Crippen molar-refractivity contribution in [2.75, 3.05) is 13.7 Å². The van der Waals surface area contributed by atoms with Crippen LogP contribution in [0.2, 0.25) is 0 Å². The largest absolute Gasteiger partial charge is 0.380 e.